The molecule has 1 fully saturated rings. The van der Waals surface area contributed by atoms with E-state index in [2.05, 4.69) is 20.8 Å². The second-order valence-electron chi connectivity index (χ2n) is 10.2. The zero-order valence-corrected chi connectivity index (χ0v) is 21.6. The second-order valence-corrected chi connectivity index (χ2v) is 10.2. The summed E-state index contributed by atoms with van der Waals surface area (Å²) < 4.78 is 18.9. The lowest BCUT2D eigenvalue weighted by Crippen LogP contribution is -2.31. The number of benzene rings is 3. The Bertz CT molecular complexity index is 1320. The van der Waals surface area contributed by atoms with E-state index in [-0.39, 0.29) is 29.1 Å². The van der Waals surface area contributed by atoms with Crippen LogP contribution < -0.4 is 4.74 Å². The van der Waals surface area contributed by atoms with Crippen LogP contribution in [0.25, 0.3) is 5.76 Å². The summed E-state index contributed by atoms with van der Waals surface area (Å²) in [6.07, 6.45) is 0.434. The van der Waals surface area contributed by atoms with E-state index in [1.54, 1.807) is 36.4 Å². The number of nitrogens with zero attached hydrogens (tertiary/aromatic N) is 1. The fraction of sp³-hybridized carbons (Fsp3) is 0.290. The Labute approximate surface area is 217 Å². The van der Waals surface area contributed by atoms with Crippen molar-refractivity contribution >= 4 is 17.4 Å². The number of carbonyl (C=O) groups is 2. The van der Waals surface area contributed by atoms with Gasteiger partial charge in [0.25, 0.3) is 11.7 Å². The number of amides is 1. The van der Waals surface area contributed by atoms with E-state index in [0.717, 1.165) is 16.7 Å². The van der Waals surface area contributed by atoms with Gasteiger partial charge in [0, 0.05) is 12.1 Å². The Hall–Kier alpha value is -3.93. The maximum atomic E-state index is 13.4. The predicted octanol–water partition coefficient (Wildman–Crippen LogP) is 6.19. The minimum Gasteiger partial charge on any atom is -0.507 e. The fourth-order valence-electron chi connectivity index (χ4n) is 4.58. The number of rotatable bonds is 7. The highest BCUT2D eigenvalue weighted by Crippen LogP contribution is 2.40. The highest BCUT2D eigenvalue weighted by atomic mass is 19.1. The number of hydrogen-bond donors (Lipinski definition) is 1. The minimum atomic E-state index is -0.759. The van der Waals surface area contributed by atoms with E-state index >= 15 is 0 Å². The first-order chi connectivity index (χ1) is 17.6. The average molecular weight is 502 g/mol. The van der Waals surface area contributed by atoms with Gasteiger partial charge < -0.3 is 14.7 Å². The number of Topliss-reactive ketones (excluding diaryl/α,β-unsaturated/α-hetero) is 1. The van der Waals surface area contributed by atoms with Crippen molar-refractivity contribution in [3.8, 4) is 5.75 Å². The first kappa shape index (κ1) is 26.1. The molecule has 1 heterocycles. The molecule has 1 N–H and O–H groups in total. The summed E-state index contributed by atoms with van der Waals surface area (Å²) in [6.45, 7) is 8.89. The smallest absolute Gasteiger partial charge is 0.295 e. The van der Waals surface area contributed by atoms with Crippen LogP contribution in [-0.2, 0) is 21.4 Å². The highest BCUT2D eigenvalue weighted by molar-refractivity contribution is 6.46. The van der Waals surface area contributed by atoms with Gasteiger partial charge in [0.2, 0.25) is 0 Å². The summed E-state index contributed by atoms with van der Waals surface area (Å²) in [6, 6.07) is 20.0. The summed E-state index contributed by atoms with van der Waals surface area (Å²) in [4.78, 5) is 28.1. The second kappa shape index (κ2) is 10.6. The van der Waals surface area contributed by atoms with E-state index in [1.807, 2.05) is 31.2 Å². The molecule has 1 aliphatic heterocycles. The zero-order valence-electron chi connectivity index (χ0n) is 21.6. The molecule has 0 bridgehead atoms. The largest absolute Gasteiger partial charge is 0.507 e. The molecule has 1 atom stereocenters. The lowest BCUT2D eigenvalue weighted by atomic mass is 9.85. The standard InChI is InChI=1S/C31H32FNO4/c1-5-37-25-8-6-7-22(19-25)28(34)26-27(21-11-13-23(14-12-21)31(2,3)4)33(30(36)29(26)35)18-17-20-9-15-24(32)16-10-20/h6-16,19,27,34H,5,17-18H2,1-4H3/b28-26-. The number of likely N-dealkylation sites (tertiary alicyclic amines) is 1. The third-order valence-corrected chi connectivity index (χ3v) is 6.61. The van der Waals surface area contributed by atoms with Crippen molar-refractivity contribution in [2.45, 2.75) is 45.6 Å². The maximum absolute atomic E-state index is 13.4. The van der Waals surface area contributed by atoms with E-state index in [9.17, 15) is 19.1 Å². The van der Waals surface area contributed by atoms with Gasteiger partial charge in [-0.1, -0.05) is 69.3 Å². The van der Waals surface area contributed by atoms with Crippen LogP contribution in [0.1, 0.15) is 56.0 Å². The molecule has 1 saturated heterocycles. The van der Waals surface area contributed by atoms with Crippen LogP contribution in [-0.4, -0.2) is 34.8 Å². The third-order valence-electron chi connectivity index (χ3n) is 6.61. The van der Waals surface area contributed by atoms with E-state index in [0.29, 0.717) is 24.3 Å². The molecule has 1 amide bonds. The average Bonchev–Trinajstić information content (AvgIpc) is 3.13. The number of aliphatic hydroxyl groups is 1. The molecule has 3 aromatic rings. The quantitative estimate of drug-likeness (QED) is 0.238. The van der Waals surface area contributed by atoms with Gasteiger partial charge in [0.1, 0.15) is 17.3 Å². The van der Waals surface area contributed by atoms with Gasteiger partial charge in [-0.25, -0.2) is 4.39 Å². The summed E-state index contributed by atoms with van der Waals surface area (Å²) in [7, 11) is 0. The molecule has 3 aromatic carbocycles. The van der Waals surface area contributed by atoms with Crippen molar-refractivity contribution in [1.82, 2.24) is 4.90 Å². The Kier molecular flexibility index (Phi) is 7.48. The lowest BCUT2D eigenvalue weighted by molar-refractivity contribution is -0.139. The molecule has 1 aliphatic rings. The van der Waals surface area contributed by atoms with Crippen LogP contribution in [0.5, 0.6) is 5.75 Å². The number of carbonyl (C=O) groups excluding carboxylic acids is 2. The van der Waals surface area contributed by atoms with Crippen LogP contribution in [0.3, 0.4) is 0 Å². The van der Waals surface area contributed by atoms with Gasteiger partial charge in [-0.15, -0.1) is 0 Å². The van der Waals surface area contributed by atoms with Crippen LogP contribution >= 0.6 is 0 Å². The van der Waals surface area contributed by atoms with Crippen LogP contribution in [0, 0.1) is 5.82 Å². The summed E-state index contributed by atoms with van der Waals surface area (Å²) in [5.74, 6) is -1.42. The van der Waals surface area contributed by atoms with E-state index < -0.39 is 17.7 Å². The molecule has 0 radical (unpaired) electrons. The summed E-state index contributed by atoms with van der Waals surface area (Å²) in [5, 5.41) is 11.3. The van der Waals surface area contributed by atoms with Gasteiger partial charge in [0.05, 0.1) is 18.2 Å². The molecule has 6 heteroatoms. The van der Waals surface area contributed by atoms with E-state index in [4.69, 9.17) is 4.74 Å². The fourth-order valence-corrected chi connectivity index (χ4v) is 4.58. The molecule has 5 nitrogen and oxygen atoms in total. The van der Waals surface area contributed by atoms with Crippen LogP contribution in [0.2, 0.25) is 0 Å². The molecular weight excluding hydrogens is 469 g/mol. The molecule has 1 unspecified atom stereocenters. The number of ether oxygens (including phenoxy) is 1. The van der Waals surface area contributed by atoms with Gasteiger partial charge >= 0.3 is 0 Å². The van der Waals surface area contributed by atoms with Crippen molar-refractivity contribution in [3.63, 3.8) is 0 Å². The first-order valence-electron chi connectivity index (χ1n) is 12.5. The minimum absolute atomic E-state index is 0.0428. The number of hydrogen-bond acceptors (Lipinski definition) is 4. The molecular formula is C31H32FNO4. The van der Waals surface area contributed by atoms with Gasteiger partial charge in [-0.3, -0.25) is 9.59 Å². The summed E-state index contributed by atoms with van der Waals surface area (Å²) in [5.41, 5.74) is 3.06. The van der Waals surface area contributed by atoms with Crippen molar-refractivity contribution in [2.24, 2.45) is 0 Å². The predicted molar refractivity (Wildman–Crippen MR) is 142 cm³/mol. The Morgan fingerprint density at radius 3 is 2.30 bits per heavy atom. The van der Waals surface area contributed by atoms with Crippen molar-refractivity contribution < 1.29 is 23.8 Å². The molecule has 37 heavy (non-hydrogen) atoms. The molecule has 0 saturated carbocycles. The summed E-state index contributed by atoms with van der Waals surface area (Å²) >= 11 is 0. The Morgan fingerprint density at radius 1 is 1.00 bits per heavy atom. The molecule has 192 valence electrons. The van der Waals surface area contributed by atoms with E-state index in [1.165, 1.54) is 17.0 Å². The molecule has 0 aromatic heterocycles. The normalized spacial score (nSPS) is 17.3. The molecule has 0 spiro atoms. The van der Waals surface area contributed by atoms with Crippen LogP contribution in [0.15, 0.2) is 78.4 Å². The van der Waals surface area contributed by atoms with Gasteiger partial charge in [-0.2, -0.15) is 0 Å². The van der Waals surface area contributed by atoms with Crippen LogP contribution in [0.4, 0.5) is 4.39 Å². The number of ketones is 1. The monoisotopic (exact) mass is 501 g/mol. The van der Waals surface area contributed by atoms with Gasteiger partial charge in [0.15, 0.2) is 0 Å². The Balaban J connectivity index is 1.78. The maximum Gasteiger partial charge on any atom is 0.295 e. The Morgan fingerprint density at radius 2 is 1.68 bits per heavy atom. The molecule has 4 rings (SSSR count). The first-order valence-corrected chi connectivity index (χ1v) is 12.5. The number of aliphatic hydroxyl groups excluding tert-OH is 1. The highest BCUT2D eigenvalue weighted by Gasteiger charge is 2.45. The van der Waals surface area contributed by atoms with Gasteiger partial charge in [-0.05, 0) is 59.7 Å². The zero-order chi connectivity index (χ0) is 26.7. The molecule has 0 aliphatic carbocycles. The third kappa shape index (κ3) is 5.58. The number of halogens is 1. The lowest BCUT2D eigenvalue weighted by Gasteiger charge is -2.26. The van der Waals surface area contributed by atoms with Crippen molar-refractivity contribution in [3.05, 3.63) is 106 Å². The van der Waals surface area contributed by atoms with Crippen molar-refractivity contribution in [1.29, 1.82) is 0 Å². The SMILES string of the molecule is CCOc1cccc(/C(O)=C2/C(=O)C(=O)N(CCc3ccc(F)cc3)C2c2ccc(C(C)(C)C)cc2)c1. The topological polar surface area (TPSA) is 66.8 Å². The van der Waals surface area contributed by atoms with Crippen molar-refractivity contribution in [2.75, 3.05) is 13.2 Å².